The summed E-state index contributed by atoms with van der Waals surface area (Å²) in [5.41, 5.74) is 0.630. The standard InChI is InChI=1S/C15H20N4O/c1-2-14(20)18-11-12-5-8-19(9-6-12)15-13(10-16)4-3-7-17-15/h3-4,7,12H,2,5-6,8-9,11H2,1H3,(H,18,20). The lowest BCUT2D eigenvalue weighted by Crippen LogP contribution is -2.39. The first-order valence-electron chi connectivity index (χ1n) is 7.11. The molecule has 0 radical (unpaired) electrons. The average Bonchev–Trinajstić information content (AvgIpc) is 2.53. The minimum Gasteiger partial charge on any atom is -0.356 e. The van der Waals surface area contributed by atoms with Gasteiger partial charge in [0.25, 0.3) is 0 Å². The fourth-order valence-electron chi connectivity index (χ4n) is 2.47. The molecule has 1 aliphatic heterocycles. The smallest absolute Gasteiger partial charge is 0.219 e. The van der Waals surface area contributed by atoms with Gasteiger partial charge in [-0.3, -0.25) is 4.79 Å². The van der Waals surface area contributed by atoms with E-state index in [1.807, 2.05) is 6.92 Å². The lowest BCUT2D eigenvalue weighted by Gasteiger charge is -2.33. The zero-order valence-corrected chi connectivity index (χ0v) is 11.8. The van der Waals surface area contributed by atoms with Gasteiger partial charge in [0.2, 0.25) is 5.91 Å². The number of nitrogens with zero attached hydrogens (tertiary/aromatic N) is 3. The van der Waals surface area contributed by atoms with Crippen LogP contribution in [0.2, 0.25) is 0 Å². The van der Waals surface area contributed by atoms with Crippen LogP contribution in [0.15, 0.2) is 18.3 Å². The van der Waals surface area contributed by atoms with E-state index in [0.717, 1.165) is 38.3 Å². The van der Waals surface area contributed by atoms with Crippen LogP contribution in [0.3, 0.4) is 0 Å². The van der Waals surface area contributed by atoms with Gasteiger partial charge in [-0.25, -0.2) is 4.98 Å². The molecule has 1 aliphatic rings. The molecule has 1 amide bonds. The first-order valence-corrected chi connectivity index (χ1v) is 7.11. The minimum atomic E-state index is 0.115. The first-order chi connectivity index (χ1) is 9.74. The molecule has 0 saturated carbocycles. The molecule has 0 aromatic carbocycles. The average molecular weight is 272 g/mol. The Morgan fingerprint density at radius 3 is 2.95 bits per heavy atom. The lowest BCUT2D eigenvalue weighted by atomic mass is 9.96. The minimum absolute atomic E-state index is 0.115. The molecule has 0 aliphatic carbocycles. The van der Waals surface area contributed by atoms with Crippen molar-refractivity contribution in [2.24, 2.45) is 5.92 Å². The summed E-state index contributed by atoms with van der Waals surface area (Å²) in [6.07, 6.45) is 4.30. The van der Waals surface area contributed by atoms with Crippen LogP contribution in [0.5, 0.6) is 0 Å². The van der Waals surface area contributed by atoms with Crippen molar-refractivity contribution in [1.29, 1.82) is 5.26 Å². The third-order valence-corrected chi connectivity index (χ3v) is 3.73. The number of carbonyl (C=O) groups is 1. The Bertz CT molecular complexity index is 501. The highest BCUT2D eigenvalue weighted by Gasteiger charge is 2.21. The Hall–Kier alpha value is -2.09. The molecule has 1 saturated heterocycles. The van der Waals surface area contributed by atoms with Crippen molar-refractivity contribution >= 4 is 11.7 Å². The first kappa shape index (κ1) is 14.3. The number of piperidine rings is 1. The summed E-state index contributed by atoms with van der Waals surface area (Å²) in [5.74, 6) is 1.42. The van der Waals surface area contributed by atoms with Gasteiger partial charge in [0, 0.05) is 32.3 Å². The van der Waals surface area contributed by atoms with E-state index < -0.39 is 0 Å². The predicted molar refractivity (Wildman–Crippen MR) is 77.2 cm³/mol. The van der Waals surface area contributed by atoms with E-state index in [-0.39, 0.29) is 5.91 Å². The number of aromatic nitrogens is 1. The Labute approximate surface area is 119 Å². The highest BCUT2D eigenvalue weighted by molar-refractivity contribution is 5.75. The normalized spacial score (nSPS) is 15.7. The number of hydrogen-bond acceptors (Lipinski definition) is 4. The van der Waals surface area contributed by atoms with E-state index >= 15 is 0 Å². The van der Waals surface area contributed by atoms with Gasteiger partial charge in [-0.15, -0.1) is 0 Å². The largest absolute Gasteiger partial charge is 0.356 e. The molecule has 0 bridgehead atoms. The van der Waals surface area contributed by atoms with Crippen LogP contribution in [0, 0.1) is 17.2 Å². The van der Waals surface area contributed by atoms with Crippen molar-refractivity contribution in [3.63, 3.8) is 0 Å². The zero-order valence-electron chi connectivity index (χ0n) is 11.8. The number of rotatable bonds is 4. The molecule has 20 heavy (non-hydrogen) atoms. The maximum absolute atomic E-state index is 11.3. The molecule has 0 unspecified atom stereocenters. The summed E-state index contributed by atoms with van der Waals surface area (Å²) in [5, 5.41) is 12.1. The number of pyridine rings is 1. The van der Waals surface area contributed by atoms with Crippen molar-refractivity contribution in [2.45, 2.75) is 26.2 Å². The fourth-order valence-corrected chi connectivity index (χ4v) is 2.47. The van der Waals surface area contributed by atoms with E-state index in [9.17, 15) is 4.79 Å². The maximum atomic E-state index is 11.3. The summed E-state index contributed by atoms with van der Waals surface area (Å²) >= 11 is 0. The summed E-state index contributed by atoms with van der Waals surface area (Å²) in [6, 6.07) is 5.78. The van der Waals surface area contributed by atoms with Gasteiger partial charge in [0.05, 0.1) is 5.56 Å². The number of carbonyl (C=O) groups excluding carboxylic acids is 1. The Balaban J connectivity index is 1.88. The summed E-state index contributed by atoms with van der Waals surface area (Å²) in [4.78, 5) is 17.7. The number of amides is 1. The van der Waals surface area contributed by atoms with E-state index in [1.54, 1.807) is 18.3 Å². The summed E-state index contributed by atoms with van der Waals surface area (Å²) in [7, 11) is 0. The third kappa shape index (κ3) is 3.47. The fraction of sp³-hybridized carbons (Fsp3) is 0.533. The van der Waals surface area contributed by atoms with Crippen LogP contribution in [0.4, 0.5) is 5.82 Å². The van der Waals surface area contributed by atoms with Crippen LogP contribution in [-0.4, -0.2) is 30.5 Å². The maximum Gasteiger partial charge on any atom is 0.219 e. The number of anilines is 1. The van der Waals surface area contributed by atoms with E-state index in [2.05, 4.69) is 21.3 Å². The van der Waals surface area contributed by atoms with Crippen LogP contribution < -0.4 is 10.2 Å². The molecule has 106 valence electrons. The Morgan fingerprint density at radius 2 is 2.30 bits per heavy atom. The van der Waals surface area contributed by atoms with Crippen molar-refractivity contribution in [3.05, 3.63) is 23.9 Å². The van der Waals surface area contributed by atoms with Gasteiger partial charge in [-0.2, -0.15) is 5.26 Å². The molecule has 1 aromatic heterocycles. The van der Waals surface area contributed by atoms with E-state index in [1.165, 1.54) is 0 Å². The molecule has 0 spiro atoms. The highest BCUT2D eigenvalue weighted by Crippen LogP contribution is 2.23. The Morgan fingerprint density at radius 1 is 1.55 bits per heavy atom. The number of nitriles is 1. The quantitative estimate of drug-likeness (QED) is 0.905. The second kappa shape index (κ2) is 6.90. The molecule has 2 heterocycles. The summed E-state index contributed by atoms with van der Waals surface area (Å²) in [6.45, 7) is 4.40. The molecule has 1 fully saturated rings. The third-order valence-electron chi connectivity index (χ3n) is 3.73. The second-order valence-electron chi connectivity index (χ2n) is 5.07. The molecule has 5 heteroatoms. The topological polar surface area (TPSA) is 69.0 Å². The molecule has 1 N–H and O–H groups in total. The van der Waals surface area contributed by atoms with Gasteiger partial charge in [-0.05, 0) is 30.9 Å². The molecular formula is C15H20N4O. The predicted octanol–water partition coefficient (Wildman–Crippen LogP) is 1.70. The van der Waals surface area contributed by atoms with Crippen LogP contribution in [-0.2, 0) is 4.79 Å². The van der Waals surface area contributed by atoms with Crippen LogP contribution >= 0.6 is 0 Å². The van der Waals surface area contributed by atoms with Crippen molar-refractivity contribution in [2.75, 3.05) is 24.5 Å². The van der Waals surface area contributed by atoms with Crippen molar-refractivity contribution in [1.82, 2.24) is 10.3 Å². The molecule has 5 nitrogen and oxygen atoms in total. The van der Waals surface area contributed by atoms with E-state index in [0.29, 0.717) is 17.9 Å². The van der Waals surface area contributed by atoms with Crippen molar-refractivity contribution < 1.29 is 4.79 Å². The number of nitrogens with one attached hydrogen (secondary N) is 1. The summed E-state index contributed by atoms with van der Waals surface area (Å²) < 4.78 is 0. The second-order valence-corrected chi connectivity index (χ2v) is 5.07. The van der Waals surface area contributed by atoms with Gasteiger partial charge in [0.1, 0.15) is 11.9 Å². The van der Waals surface area contributed by atoms with Crippen LogP contribution in [0.1, 0.15) is 31.7 Å². The SMILES string of the molecule is CCC(=O)NCC1CCN(c2ncccc2C#N)CC1. The van der Waals surface area contributed by atoms with Gasteiger partial charge in [-0.1, -0.05) is 6.92 Å². The zero-order chi connectivity index (χ0) is 14.4. The van der Waals surface area contributed by atoms with Gasteiger partial charge >= 0.3 is 0 Å². The molecule has 2 rings (SSSR count). The molecule has 1 aromatic rings. The monoisotopic (exact) mass is 272 g/mol. The van der Waals surface area contributed by atoms with Crippen molar-refractivity contribution in [3.8, 4) is 6.07 Å². The molecule has 0 atom stereocenters. The molecular weight excluding hydrogens is 252 g/mol. The lowest BCUT2D eigenvalue weighted by molar-refractivity contribution is -0.120. The number of hydrogen-bond donors (Lipinski definition) is 1. The van der Waals surface area contributed by atoms with Crippen LogP contribution in [0.25, 0.3) is 0 Å². The van der Waals surface area contributed by atoms with Gasteiger partial charge < -0.3 is 10.2 Å². The van der Waals surface area contributed by atoms with E-state index in [4.69, 9.17) is 5.26 Å². The van der Waals surface area contributed by atoms with Gasteiger partial charge in [0.15, 0.2) is 0 Å². The Kier molecular flexibility index (Phi) is 4.94. The highest BCUT2D eigenvalue weighted by atomic mass is 16.1.